The molecule has 0 saturated heterocycles. The maximum absolute atomic E-state index is 10.9. The molecule has 0 unspecified atom stereocenters. The van der Waals surface area contributed by atoms with Crippen molar-refractivity contribution >= 4 is 11.6 Å². The third-order valence-electron chi connectivity index (χ3n) is 1.48. The van der Waals surface area contributed by atoms with Gasteiger partial charge in [0.25, 0.3) is 0 Å². The van der Waals surface area contributed by atoms with E-state index in [4.69, 9.17) is 0 Å². The van der Waals surface area contributed by atoms with Crippen LogP contribution >= 0.6 is 0 Å². The molecule has 0 bridgehead atoms. The number of carbonyl (C=O) groups excluding carboxylic acids is 1. The van der Waals surface area contributed by atoms with Gasteiger partial charge in [-0.15, -0.1) is 0 Å². The molecule has 1 N–H and O–H groups in total. The molecule has 0 spiro atoms. The number of amides is 1. The zero-order valence-electron chi connectivity index (χ0n) is 6.87. The highest BCUT2D eigenvalue weighted by Gasteiger charge is 1.98. The van der Waals surface area contributed by atoms with E-state index in [1.807, 2.05) is 13.0 Å². The van der Waals surface area contributed by atoms with Crippen LogP contribution in [0.4, 0.5) is 5.69 Å². The molecule has 0 fully saturated rings. The molecule has 1 aromatic rings. The topological polar surface area (TPSA) is 42.0 Å². The first-order valence-electron chi connectivity index (χ1n) is 3.58. The van der Waals surface area contributed by atoms with Gasteiger partial charge in [-0.25, -0.2) is 0 Å². The molecule has 3 nitrogen and oxygen atoms in total. The first kappa shape index (κ1) is 8.46. The molecule has 0 aliphatic heterocycles. The van der Waals surface area contributed by atoms with Crippen LogP contribution in [-0.2, 0) is 4.79 Å². The summed E-state index contributed by atoms with van der Waals surface area (Å²) in [6, 6.07) is 1.83. The minimum atomic E-state index is -0.217. The fourth-order valence-electron chi connectivity index (χ4n) is 0.779. The molecule has 12 heavy (non-hydrogen) atoms. The molecule has 0 aliphatic carbocycles. The molecule has 0 atom stereocenters. The predicted octanol–water partition coefficient (Wildman–Crippen LogP) is 1.51. The van der Waals surface area contributed by atoms with Gasteiger partial charge in [-0.1, -0.05) is 6.58 Å². The summed E-state index contributed by atoms with van der Waals surface area (Å²) in [5, 5.41) is 2.64. The summed E-state index contributed by atoms with van der Waals surface area (Å²) in [6.07, 6.45) is 4.52. The lowest BCUT2D eigenvalue weighted by molar-refractivity contribution is -0.111. The van der Waals surface area contributed by atoms with Crippen LogP contribution in [0.1, 0.15) is 5.56 Å². The van der Waals surface area contributed by atoms with Gasteiger partial charge in [0.2, 0.25) is 5.91 Å². The van der Waals surface area contributed by atoms with Gasteiger partial charge in [-0.3, -0.25) is 9.78 Å². The second-order valence-corrected chi connectivity index (χ2v) is 2.38. The van der Waals surface area contributed by atoms with Gasteiger partial charge in [-0.2, -0.15) is 0 Å². The lowest BCUT2D eigenvalue weighted by Crippen LogP contribution is -2.08. The molecular weight excluding hydrogens is 152 g/mol. The second-order valence-electron chi connectivity index (χ2n) is 2.38. The molecule has 1 amide bonds. The molecule has 0 aromatic carbocycles. The number of anilines is 1. The van der Waals surface area contributed by atoms with Gasteiger partial charge in [-0.05, 0) is 24.6 Å². The van der Waals surface area contributed by atoms with E-state index in [1.165, 1.54) is 6.08 Å². The van der Waals surface area contributed by atoms with Crippen LogP contribution in [-0.4, -0.2) is 10.9 Å². The molecule has 3 heteroatoms. The number of aromatic nitrogens is 1. The number of rotatable bonds is 2. The van der Waals surface area contributed by atoms with Gasteiger partial charge in [0, 0.05) is 6.20 Å². The summed E-state index contributed by atoms with van der Waals surface area (Å²) in [7, 11) is 0. The Bertz CT molecular complexity index is 307. The van der Waals surface area contributed by atoms with E-state index in [0.717, 1.165) is 11.3 Å². The fourth-order valence-corrected chi connectivity index (χ4v) is 0.779. The molecule has 1 heterocycles. The summed E-state index contributed by atoms with van der Waals surface area (Å²) in [4.78, 5) is 14.8. The highest BCUT2D eigenvalue weighted by molar-refractivity contribution is 5.99. The normalized spacial score (nSPS) is 9.08. The van der Waals surface area contributed by atoms with Crippen molar-refractivity contribution in [3.63, 3.8) is 0 Å². The van der Waals surface area contributed by atoms with Crippen molar-refractivity contribution in [3.8, 4) is 0 Å². The van der Waals surface area contributed by atoms with Crippen LogP contribution in [0, 0.1) is 6.92 Å². The Morgan fingerprint density at radius 1 is 1.75 bits per heavy atom. The smallest absolute Gasteiger partial charge is 0.247 e. The summed E-state index contributed by atoms with van der Waals surface area (Å²) in [6.45, 7) is 5.26. The summed E-state index contributed by atoms with van der Waals surface area (Å²) < 4.78 is 0. The van der Waals surface area contributed by atoms with Crippen molar-refractivity contribution in [2.24, 2.45) is 0 Å². The van der Waals surface area contributed by atoms with Crippen molar-refractivity contribution in [2.75, 3.05) is 5.32 Å². The highest BCUT2D eigenvalue weighted by atomic mass is 16.1. The quantitative estimate of drug-likeness (QED) is 0.670. The Kier molecular flexibility index (Phi) is 2.58. The van der Waals surface area contributed by atoms with Gasteiger partial charge in [0.1, 0.15) is 0 Å². The minimum Gasteiger partial charge on any atom is -0.321 e. The molecule has 0 saturated carbocycles. The Labute approximate surface area is 71.1 Å². The van der Waals surface area contributed by atoms with Gasteiger partial charge >= 0.3 is 0 Å². The van der Waals surface area contributed by atoms with E-state index in [-0.39, 0.29) is 5.91 Å². The Morgan fingerprint density at radius 2 is 2.50 bits per heavy atom. The molecule has 0 radical (unpaired) electrons. The van der Waals surface area contributed by atoms with Gasteiger partial charge < -0.3 is 5.32 Å². The predicted molar refractivity (Wildman–Crippen MR) is 47.8 cm³/mol. The minimum absolute atomic E-state index is 0.217. The number of nitrogens with one attached hydrogen (secondary N) is 1. The van der Waals surface area contributed by atoms with Crippen molar-refractivity contribution in [3.05, 3.63) is 36.7 Å². The van der Waals surface area contributed by atoms with E-state index >= 15 is 0 Å². The van der Waals surface area contributed by atoms with Crippen LogP contribution in [0.2, 0.25) is 0 Å². The maximum Gasteiger partial charge on any atom is 0.247 e. The van der Waals surface area contributed by atoms with E-state index in [1.54, 1.807) is 12.4 Å². The average molecular weight is 162 g/mol. The molecule has 0 aliphatic rings. The Morgan fingerprint density at radius 3 is 3.08 bits per heavy atom. The fraction of sp³-hybridized carbons (Fsp3) is 0.111. The van der Waals surface area contributed by atoms with Crippen molar-refractivity contribution in [1.29, 1.82) is 0 Å². The third kappa shape index (κ3) is 1.92. The molecule has 62 valence electrons. The first-order chi connectivity index (χ1) is 5.74. The lowest BCUT2D eigenvalue weighted by atomic mass is 10.2. The number of carbonyl (C=O) groups is 1. The number of pyridine rings is 1. The maximum atomic E-state index is 10.9. The lowest BCUT2D eigenvalue weighted by Gasteiger charge is -2.03. The number of aryl methyl sites for hydroxylation is 1. The number of hydrogen-bond acceptors (Lipinski definition) is 2. The van der Waals surface area contributed by atoms with E-state index in [0.29, 0.717) is 0 Å². The zero-order chi connectivity index (χ0) is 8.97. The summed E-state index contributed by atoms with van der Waals surface area (Å²) in [5.74, 6) is -0.217. The van der Waals surface area contributed by atoms with E-state index < -0.39 is 0 Å². The highest BCUT2D eigenvalue weighted by Crippen LogP contribution is 2.10. The molecule has 1 rings (SSSR count). The Balaban J connectivity index is 2.82. The van der Waals surface area contributed by atoms with Crippen LogP contribution < -0.4 is 5.32 Å². The molecular formula is C9H10N2O. The largest absolute Gasteiger partial charge is 0.321 e. The third-order valence-corrected chi connectivity index (χ3v) is 1.48. The standard InChI is InChI=1S/C9H10N2O/c1-3-9(12)11-8-6-10-5-4-7(8)2/h3-6H,1H2,2H3,(H,11,12). The van der Waals surface area contributed by atoms with Crippen molar-refractivity contribution in [2.45, 2.75) is 6.92 Å². The van der Waals surface area contributed by atoms with Gasteiger partial charge in [0.15, 0.2) is 0 Å². The van der Waals surface area contributed by atoms with E-state index in [2.05, 4.69) is 16.9 Å². The monoisotopic (exact) mass is 162 g/mol. The van der Waals surface area contributed by atoms with Gasteiger partial charge in [0.05, 0.1) is 11.9 Å². The van der Waals surface area contributed by atoms with Crippen LogP contribution in [0.15, 0.2) is 31.1 Å². The Hall–Kier alpha value is -1.64. The number of hydrogen-bond donors (Lipinski definition) is 1. The van der Waals surface area contributed by atoms with Crippen molar-refractivity contribution < 1.29 is 4.79 Å². The summed E-state index contributed by atoms with van der Waals surface area (Å²) >= 11 is 0. The average Bonchev–Trinajstić information content (AvgIpc) is 2.09. The van der Waals surface area contributed by atoms with Crippen molar-refractivity contribution in [1.82, 2.24) is 4.98 Å². The van der Waals surface area contributed by atoms with Crippen LogP contribution in [0.5, 0.6) is 0 Å². The SMILES string of the molecule is C=CC(=O)Nc1cnccc1C. The zero-order valence-corrected chi connectivity index (χ0v) is 6.87. The first-order valence-corrected chi connectivity index (χ1v) is 3.58. The van der Waals surface area contributed by atoms with Crippen LogP contribution in [0.25, 0.3) is 0 Å². The van der Waals surface area contributed by atoms with Crippen LogP contribution in [0.3, 0.4) is 0 Å². The second kappa shape index (κ2) is 3.67. The number of nitrogens with zero attached hydrogens (tertiary/aromatic N) is 1. The summed E-state index contributed by atoms with van der Waals surface area (Å²) in [5.41, 5.74) is 1.71. The van der Waals surface area contributed by atoms with E-state index in [9.17, 15) is 4.79 Å². The molecule has 1 aromatic heterocycles.